The molecule has 0 saturated heterocycles. The fraction of sp³-hybridized carbons (Fsp3) is 0.100. The molecule has 0 aliphatic rings. The topological polar surface area (TPSA) is 36.1 Å². The maximum Gasteiger partial charge on any atom is 0.137 e. The molecular weight excluding hydrogens is 819 g/mol. The number of rotatable bonds is 6. The van der Waals surface area contributed by atoms with E-state index in [-0.39, 0.29) is 23.5 Å². The van der Waals surface area contributed by atoms with Gasteiger partial charge in [0.15, 0.2) is 0 Å². The molecule has 6 heteroatoms. The van der Waals surface area contributed by atoms with Crippen molar-refractivity contribution in [3.8, 4) is 33.6 Å². The molecule has 318 valence electrons. The summed E-state index contributed by atoms with van der Waals surface area (Å²) in [5, 5.41) is 8.08. The van der Waals surface area contributed by atoms with Gasteiger partial charge in [-0.2, -0.15) is 0 Å². The Morgan fingerprint density at radius 3 is 1.18 bits per heavy atom. The number of furan rings is 2. The summed E-state index contributed by atoms with van der Waals surface area (Å²) in [4.78, 5) is 0. The summed E-state index contributed by atoms with van der Waals surface area (Å²) in [6.45, 7) is 8.79. The standard InChI is InChI=1S/C60H42F2N2O2/c1-33(2)51-55(39-19-5-11-23-43(39)61)60(64-46-26-14-8-18-36(46)38-30-32-50-54(58(38)64)42-22-10-16-28-48(42)66-50)56(40-20-6-12-24-44(40)62)52(34(3)4)59(51)63-45-25-13-7-17-35(45)37-29-31-49-53(57(37)63)41-21-9-15-27-47(41)65-49/h5-34H,1-4H3. The summed E-state index contributed by atoms with van der Waals surface area (Å²) >= 11 is 0. The number of nitrogens with zero attached hydrogens (tertiary/aromatic N) is 2. The maximum absolute atomic E-state index is 17.5. The fourth-order valence-electron chi connectivity index (χ4n) is 11.2. The Hall–Kier alpha value is -7.96. The fourth-order valence-corrected chi connectivity index (χ4v) is 11.2. The second kappa shape index (κ2) is 14.3. The van der Waals surface area contributed by atoms with E-state index >= 15 is 8.78 Å². The molecule has 0 aliphatic heterocycles. The summed E-state index contributed by atoms with van der Waals surface area (Å²) in [5.74, 6) is -1.07. The highest BCUT2D eigenvalue weighted by atomic mass is 19.1. The van der Waals surface area contributed by atoms with Crippen molar-refractivity contribution in [2.24, 2.45) is 0 Å². The number of para-hydroxylation sites is 4. The van der Waals surface area contributed by atoms with Gasteiger partial charge >= 0.3 is 0 Å². The average Bonchev–Trinajstić information content (AvgIpc) is 4.08. The number of halogens is 2. The van der Waals surface area contributed by atoms with E-state index in [1.54, 1.807) is 12.1 Å². The Labute approximate surface area is 378 Å². The molecule has 66 heavy (non-hydrogen) atoms. The zero-order valence-corrected chi connectivity index (χ0v) is 36.8. The number of aromatic nitrogens is 2. The number of benzene rings is 9. The van der Waals surface area contributed by atoms with Crippen LogP contribution < -0.4 is 0 Å². The Balaban J connectivity index is 1.37. The molecule has 0 N–H and O–H groups in total. The maximum atomic E-state index is 17.5. The zero-order chi connectivity index (χ0) is 44.5. The molecule has 0 aliphatic carbocycles. The Morgan fingerprint density at radius 1 is 0.364 bits per heavy atom. The van der Waals surface area contributed by atoms with Gasteiger partial charge in [-0.15, -0.1) is 0 Å². The zero-order valence-electron chi connectivity index (χ0n) is 36.8. The smallest absolute Gasteiger partial charge is 0.137 e. The Bertz CT molecular complexity index is 4080. The highest BCUT2D eigenvalue weighted by Crippen LogP contribution is 2.54. The van der Waals surface area contributed by atoms with Crippen LogP contribution in [0.25, 0.3) is 121 Å². The molecule has 0 fully saturated rings. The lowest BCUT2D eigenvalue weighted by molar-refractivity contribution is 0.630. The summed E-state index contributed by atoms with van der Waals surface area (Å²) < 4.78 is 52.8. The Morgan fingerprint density at radius 2 is 0.742 bits per heavy atom. The predicted octanol–water partition coefficient (Wildman–Crippen LogP) is 17.5. The van der Waals surface area contributed by atoms with Gasteiger partial charge < -0.3 is 18.0 Å². The first kappa shape index (κ1) is 38.5. The van der Waals surface area contributed by atoms with E-state index in [4.69, 9.17) is 8.83 Å². The number of hydrogen-bond donors (Lipinski definition) is 0. The SMILES string of the molecule is CC(C)c1c(-c2ccccc2F)c(-n2c3ccccc3c3ccc4oc5ccccc5c4c32)c(-c2ccccc2F)c(C(C)C)c1-n1c2ccccc2c2ccc3oc4ccccc4c3c21. The minimum absolute atomic E-state index is 0.167. The molecule has 0 spiro atoms. The van der Waals surface area contributed by atoms with Crippen molar-refractivity contribution in [3.05, 3.63) is 193 Å². The first-order valence-corrected chi connectivity index (χ1v) is 22.7. The molecule has 4 heterocycles. The average molecular weight is 861 g/mol. The van der Waals surface area contributed by atoms with Gasteiger partial charge in [0.2, 0.25) is 0 Å². The van der Waals surface area contributed by atoms with Crippen molar-refractivity contribution in [3.63, 3.8) is 0 Å². The second-order valence-electron chi connectivity index (χ2n) is 18.1. The molecule has 0 atom stereocenters. The monoisotopic (exact) mass is 860 g/mol. The highest BCUT2D eigenvalue weighted by Gasteiger charge is 2.35. The normalized spacial score (nSPS) is 12.4. The van der Waals surface area contributed by atoms with E-state index in [1.165, 1.54) is 12.1 Å². The van der Waals surface area contributed by atoms with Crippen LogP contribution in [-0.4, -0.2) is 9.13 Å². The molecule has 0 saturated carbocycles. The van der Waals surface area contributed by atoms with Gasteiger partial charge in [-0.25, -0.2) is 8.78 Å². The van der Waals surface area contributed by atoms with Crippen molar-refractivity contribution in [2.75, 3.05) is 0 Å². The van der Waals surface area contributed by atoms with Crippen LogP contribution in [0.1, 0.15) is 50.7 Å². The van der Waals surface area contributed by atoms with Crippen LogP contribution >= 0.6 is 0 Å². The summed E-state index contributed by atoms with van der Waals surface area (Å²) in [6.07, 6.45) is 0. The molecule has 9 aromatic carbocycles. The number of fused-ring (bicyclic) bond motifs is 14. The van der Waals surface area contributed by atoms with E-state index < -0.39 is 0 Å². The summed E-state index contributed by atoms with van der Waals surface area (Å²) in [6, 6.07) is 55.7. The molecule has 0 bridgehead atoms. The Kier molecular flexibility index (Phi) is 8.32. The molecule has 4 nitrogen and oxygen atoms in total. The minimum atomic E-state index is -0.367. The molecular formula is C60H42F2N2O2. The first-order valence-electron chi connectivity index (χ1n) is 22.7. The van der Waals surface area contributed by atoms with Crippen LogP contribution in [0, 0.1) is 11.6 Å². The van der Waals surface area contributed by atoms with E-state index in [0.717, 1.165) is 104 Å². The van der Waals surface area contributed by atoms with E-state index in [2.05, 4.69) is 122 Å². The molecule has 13 aromatic rings. The van der Waals surface area contributed by atoms with Gasteiger partial charge in [0.25, 0.3) is 0 Å². The van der Waals surface area contributed by atoms with Crippen LogP contribution in [0.2, 0.25) is 0 Å². The van der Waals surface area contributed by atoms with Crippen LogP contribution in [0.5, 0.6) is 0 Å². The van der Waals surface area contributed by atoms with Gasteiger partial charge in [0, 0.05) is 54.6 Å². The molecule has 13 rings (SSSR count). The third-order valence-corrected chi connectivity index (χ3v) is 13.8. The summed E-state index contributed by atoms with van der Waals surface area (Å²) in [7, 11) is 0. The summed E-state index contributed by atoms with van der Waals surface area (Å²) in [5.41, 5.74) is 12.6. The van der Waals surface area contributed by atoms with Crippen molar-refractivity contribution >= 4 is 87.5 Å². The van der Waals surface area contributed by atoms with Crippen LogP contribution in [0.3, 0.4) is 0 Å². The molecule has 0 unspecified atom stereocenters. The predicted molar refractivity (Wildman–Crippen MR) is 269 cm³/mol. The van der Waals surface area contributed by atoms with E-state index in [1.807, 2.05) is 60.7 Å². The lowest BCUT2D eigenvalue weighted by atomic mass is 9.79. The van der Waals surface area contributed by atoms with Crippen molar-refractivity contribution in [1.82, 2.24) is 9.13 Å². The van der Waals surface area contributed by atoms with Crippen molar-refractivity contribution in [2.45, 2.75) is 39.5 Å². The molecule has 4 aromatic heterocycles. The van der Waals surface area contributed by atoms with Gasteiger partial charge in [-0.1, -0.05) is 137 Å². The van der Waals surface area contributed by atoms with E-state index in [9.17, 15) is 0 Å². The van der Waals surface area contributed by atoms with Gasteiger partial charge in [0.1, 0.15) is 34.0 Å². The van der Waals surface area contributed by atoms with Crippen LogP contribution in [-0.2, 0) is 0 Å². The first-order chi connectivity index (χ1) is 32.3. The van der Waals surface area contributed by atoms with E-state index in [0.29, 0.717) is 27.9 Å². The van der Waals surface area contributed by atoms with Gasteiger partial charge in [-0.05, 0) is 83.6 Å². The quantitative estimate of drug-likeness (QED) is 0.167. The van der Waals surface area contributed by atoms with Crippen LogP contribution in [0.4, 0.5) is 8.78 Å². The molecule has 0 radical (unpaired) electrons. The van der Waals surface area contributed by atoms with Crippen LogP contribution in [0.15, 0.2) is 179 Å². The van der Waals surface area contributed by atoms with Crippen molar-refractivity contribution in [1.29, 1.82) is 0 Å². The van der Waals surface area contributed by atoms with Gasteiger partial charge in [0.05, 0.1) is 44.2 Å². The highest BCUT2D eigenvalue weighted by molar-refractivity contribution is 6.26. The molecule has 0 amide bonds. The lowest BCUT2D eigenvalue weighted by Crippen LogP contribution is -2.16. The number of hydrogen-bond acceptors (Lipinski definition) is 2. The third-order valence-electron chi connectivity index (χ3n) is 13.8. The minimum Gasteiger partial charge on any atom is -0.456 e. The van der Waals surface area contributed by atoms with Gasteiger partial charge in [-0.3, -0.25) is 0 Å². The third kappa shape index (κ3) is 5.24. The lowest BCUT2D eigenvalue weighted by Gasteiger charge is -2.32. The second-order valence-corrected chi connectivity index (χ2v) is 18.1. The largest absolute Gasteiger partial charge is 0.456 e. The van der Waals surface area contributed by atoms with Crippen molar-refractivity contribution < 1.29 is 17.6 Å².